The second-order valence-electron chi connectivity index (χ2n) is 7.96. The fourth-order valence-corrected chi connectivity index (χ4v) is 3.80. The molecule has 1 amide bonds. The van der Waals surface area contributed by atoms with Crippen LogP contribution in [0.25, 0.3) is 11.3 Å². The first-order chi connectivity index (χ1) is 15.0. The summed E-state index contributed by atoms with van der Waals surface area (Å²) in [5.74, 6) is -1.28. The number of benzene rings is 1. The molecule has 1 aliphatic heterocycles. The standard InChI is InChI=1S/C22H20F4N4O2/c1-13-11-29(12-16-10-27-20(30(13)16)21(2,32)22(24,25)26)19(31)18-5-3-4-17(28-18)14-6-8-15(23)9-7-14/h3-10,13,32H,11-12H2,1-2H3/t13-,21?/m0/s1. The van der Waals surface area contributed by atoms with Gasteiger partial charge >= 0.3 is 6.18 Å². The molecule has 1 unspecified atom stereocenters. The fraction of sp³-hybridized carbons (Fsp3) is 0.318. The van der Waals surface area contributed by atoms with Crippen LogP contribution < -0.4 is 0 Å². The van der Waals surface area contributed by atoms with Crippen molar-refractivity contribution in [3.8, 4) is 11.3 Å². The lowest BCUT2D eigenvalue weighted by molar-refractivity contribution is -0.263. The molecule has 0 spiro atoms. The van der Waals surface area contributed by atoms with Crippen molar-refractivity contribution < 1.29 is 27.5 Å². The predicted octanol–water partition coefficient (Wildman–Crippen LogP) is 4.07. The van der Waals surface area contributed by atoms with Crippen LogP contribution in [0.3, 0.4) is 0 Å². The van der Waals surface area contributed by atoms with E-state index >= 15 is 0 Å². The highest BCUT2D eigenvalue weighted by molar-refractivity contribution is 5.93. The summed E-state index contributed by atoms with van der Waals surface area (Å²) >= 11 is 0. The highest BCUT2D eigenvalue weighted by Crippen LogP contribution is 2.40. The van der Waals surface area contributed by atoms with E-state index in [1.807, 2.05) is 0 Å². The first kappa shape index (κ1) is 21.9. The monoisotopic (exact) mass is 448 g/mol. The molecule has 1 aromatic carbocycles. The molecule has 10 heteroatoms. The number of hydrogen-bond acceptors (Lipinski definition) is 4. The summed E-state index contributed by atoms with van der Waals surface area (Å²) in [7, 11) is 0. The number of fused-ring (bicyclic) bond motifs is 1. The number of nitrogens with zero attached hydrogens (tertiary/aromatic N) is 4. The molecular weight excluding hydrogens is 428 g/mol. The van der Waals surface area contributed by atoms with Crippen LogP contribution in [0.2, 0.25) is 0 Å². The van der Waals surface area contributed by atoms with Crippen molar-refractivity contribution in [1.29, 1.82) is 0 Å². The van der Waals surface area contributed by atoms with Gasteiger partial charge in [0.05, 0.1) is 30.2 Å². The van der Waals surface area contributed by atoms with E-state index in [0.29, 0.717) is 23.9 Å². The van der Waals surface area contributed by atoms with E-state index in [2.05, 4.69) is 9.97 Å². The largest absolute Gasteiger partial charge is 0.424 e. The van der Waals surface area contributed by atoms with Gasteiger partial charge in [-0.3, -0.25) is 4.79 Å². The van der Waals surface area contributed by atoms with Crippen LogP contribution in [0, 0.1) is 5.82 Å². The summed E-state index contributed by atoms with van der Waals surface area (Å²) in [5.41, 5.74) is -1.43. The van der Waals surface area contributed by atoms with Gasteiger partial charge in [0, 0.05) is 12.1 Å². The average Bonchev–Trinajstić information content (AvgIpc) is 3.18. The van der Waals surface area contributed by atoms with Gasteiger partial charge in [0.25, 0.3) is 5.91 Å². The Morgan fingerprint density at radius 2 is 1.84 bits per heavy atom. The minimum Gasteiger partial charge on any atom is -0.374 e. The van der Waals surface area contributed by atoms with Gasteiger partial charge < -0.3 is 14.6 Å². The van der Waals surface area contributed by atoms with E-state index in [9.17, 15) is 27.5 Å². The van der Waals surface area contributed by atoms with Gasteiger partial charge in [0.15, 0.2) is 5.82 Å². The van der Waals surface area contributed by atoms with Crippen molar-refractivity contribution in [1.82, 2.24) is 19.4 Å². The number of halogens is 4. The third-order valence-electron chi connectivity index (χ3n) is 5.53. The summed E-state index contributed by atoms with van der Waals surface area (Å²) in [4.78, 5) is 22.8. The molecule has 3 aromatic rings. The lowest BCUT2D eigenvalue weighted by Gasteiger charge is -2.36. The van der Waals surface area contributed by atoms with Crippen molar-refractivity contribution >= 4 is 5.91 Å². The second kappa shape index (κ2) is 7.70. The molecule has 2 atom stereocenters. The molecule has 6 nitrogen and oxygen atoms in total. The number of carbonyl (C=O) groups excluding carboxylic acids is 1. The molecule has 32 heavy (non-hydrogen) atoms. The normalized spacial score (nSPS) is 18.2. The first-order valence-corrected chi connectivity index (χ1v) is 9.87. The Morgan fingerprint density at radius 1 is 1.16 bits per heavy atom. The molecule has 0 radical (unpaired) electrons. The van der Waals surface area contributed by atoms with Crippen molar-refractivity contribution in [2.75, 3.05) is 6.54 Å². The van der Waals surface area contributed by atoms with E-state index in [4.69, 9.17) is 0 Å². The van der Waals surface area contributed by atoms with Crippen molar-refractivity contribution in [2.45, 2.75) is 38.2 Å². The molecule has 2 aromatic heterocycles. The number of aliphatic hydroxyl groups is 1. The fourth-order valence-electron chi connectivity index (χ4n) is 3.80. The number of alkyl halides is 3. The molecule has 1 N–H and O–H groups in total. The van der Waals surface area contributed by atoms with E-state index < -0.39 is 29.6 Å². The van der Waals surface area contributed by atoms with Crippen molar-refractivity contribution in [3.05, 3.63) is 71.7 Å². The van der Waals surface area contributed by atoms with Crippen LogP contribution in [0.4, 0.5) is 17.6 Å². The quantitative estimate of drug-likeness (QED) is 0.614. The Balaban J connectivity index is 1.61. The molecule has 1 aliphatic rings. The number of amides is 1. The Bertz CT molecular complexity index is 1160. The first-order valence-electron chi connectivity index (χ1n) is 9.87. The zero-order valence-electron chi connectivity index (χ0n) is 17.3. The highest BCUT2D eigenvalue weighted by Gasteiger charge is 2.55. The third-order valence-corrected chi connectivity index (χ3v) is 5.53. The number of aromatic nitrogens is 3. The van der Waals surface area contributed by atoms with Crippen LogP contribution in [0.5, 0.6) is 0 Å². The van der Waals surface area contributed by atoms with E-state index in [1.54, 1.807) is 37.3 Å². The predicted molar refractivity (Wildman–Crippen MR) is 107 cm³/mol. The highest BCUT2D eigenvalue weighted by atomic mass is 19.4. The summed E-state index contributed by atoms with van der Waals surface area (Å²) in [6.07, 6.45) is -3.65. The maximum absolute atomic E-state index is 13.3. The van der Waals surface area contributed by atoms with Gasteiger partial charge in [0.1, 0.15) is 11.5 Å². The smallest absolute Gasteiger partial charge is 0.374 e. The Hall–Kier alpha value is -3.27. The number of imidazole rings is 1. The second-order valence-corrected chi connectivity index (χ2v) is 7.96. The summed E-state index contributed by atoms with van der Waals surface area (Å²) in [5, 5.41) is 10.1. The molecule has 3 heterocycles. The van der Waals surface area contributed by atoms with Crippen LogP contribution >= 0.6 is 0 Å². The summed E-state index contributed by atoms with van der Waals surface area (Å²) < 4.78 is 54.5. The van der Waals surface area contributed by atoms with Gasteiger partial charge in [-0.05, 0) is 50.2 Å². The summed E-state index contributed by atoms with van der Waals surface area (Å²) in [6.45, 7) is 2.46. The third kappa shape index (κ3) is 3.75. The molecule has 0 saturated carbocycles. The van der Waals surface area contributed by atoms with Gasteiger partial charge in [-0.15, -0.1) is 0 Å². The van der Waals surface area contributed by atoms with Crippen LogP contribution in [0.15, 0.2) is 48.7 Å². The van der Waals surface area contributed by atoms with E-state index in [-0.39, 0.29) is 24.6 Å². The number of hydrogen-bond donors (Lipinski definition) is 1. The van der Waals surface area contributed by atoms with E-state index in [0.717, 1.165) is 0 Å². The van der Waals surface area contributed by atoms with Crippen molar-refractivity contribution in [3.63, 3.8) is 0 Å². The minimum absolute atomic E-state index is 0.0204. The van der Waals surface area contributed by atoms with Gasteiger partial charge in [0.2, 0.25) is 5.60 Å². The Morgan fingerprint density at radius 3 is 2.50 bits per heavy atom. The van der Waals surface area contributed by atoms with Gasteiger partial charge in [-0.2, -0.15) is 13.2 Å². The molecule has 0 saturated heterocycles. The van der Waals surface area contributed by atoms with E-state index in [1.165, 1.54) is 27.8 Å². The Kier molecular flexibility index (Phi) is 5.28. The van der Waals surface area contributed by atoms with Crippen LogP contribution in [0.1, 0.15) is 41.9 Å². The number of carbonyl (C=O) groups is 1. The zero-order chi connectivity index (χ0) is 23.3. The van der Waals surface area contributed by atoms with Crippen LogP contribution in [-0.2, 0) is 12.1 Å². The molecular formula is C22H20F4N4O2. The molecule has 168 valence electrons. The molecule has 0 aliphatic carbocycles. The molecule has 4 rings (SSSR count). The Labute approximate surface area is 181 Å². The van der Waals surface area contributed by atoms with Gasteiger partial charge in [-0.1, -0.05) is 6.07 Å². The van der Waals surface area contributed by atoms with Gasteiger partial charge in [-0.25, -0.2) is 14.4 Å². The zero-order valence-corrected chi connectivity index (χ0v) is 17.3. The maximum atomic E-state index is 13.3. The SMILES string of the molecule is C[C@H]1CN(C(=O)c2cccc(-c3ccc(F)cc3)n2)Cc2cnc(C(C)(O)C(F)(F)F)n21. The summed E-state index contributed by atoms with van der Waals surface area (Å²) in [6, 6.07) is 10.1. The minimum atomic E-state index is -4.90. The number of rotatable bonds is 3. The lowest BCUT2D eigenvalue weighted by Crippen LogP contribution is -2.45. The molecule has 0 fully saturated rings. The average molecular weight is 448 g/mol. The lowest BCUT2D eigenvalue weighted by atomic mass is 10.0. The topological polar surface area (TPSA) is 71.2 Å². The number of pyridine rings is 1. The van der Waals surface area contributed by atoms with Crippen molar-refractivity contribution in [2.24, 2.45) is 0 Å². The maximum Gasteiger partial charge on any atom is 0.424 e. The van der Waals surface area contributed by atoms with Crippen LogP contribution in [-0.4, -0.2) is 43.2 Å². The molecule has 0 bridgehead atoms.